The third-order valence-corrected chi connectivity index (χ3v) is 3.82. The van der Waals surface area contributed by atoms with E-state index in [2.05, 4.69) is 34.2 Å². The predicted octanol–water partition coefficient (Wildman–Crippen LogP) is 1.39. The molecule has 0 bridgehead atoms. The van der Waals surface area contributed by atoms with Gasteiger partial charge in [-0.25, -0.2) is 0 Å². The lowest BCUT2D eigenvalue weighted by Gasteiger charge is -2.15. The summed E-state index contributed by atoms with van der Waals surface area (Å²) in [5.74, 6) is 1.29. The van der Waals surface area contributed by atoms with Crippen molar-refractivity contribution in [2.45, 2.75) is 31.2 Å². The quantitative estimate of drug-likeness (QED) is 0.769. The van der Waals surface area contributed by atoms with Crippen molar-refractivity contribution in [2.24, 2.45) is 0 Å². The van der Waals surface area contributed by atoms with E-state index in [-0.39, 0.29) is 0 Å². The van der Waals surface area contributed by atoms with E-state index < -0.39 is 0 Å². The van der Waals surface area contributed by atoms with Gasteiger partial charge in [-0.1, -0.05) is 6.92 Å². The van der Waals surface area contributed by atoms with Crippen molar-refractivity contribution in [3.8, 4) is 0 Å². The van der Waals surface area contributed by atoms with Crippen LogP contribution in [0.25, 0.3) is 0 Å². The van der Waals surface area contributed by atoms with Gasteiger partial charge in [-0.2, -0.15) is 16.9 Å². The van der Waals surface area contributed by atoms with E-state index in [9.17, 15) is 0 Å². The van der Waals surface area contributed by atoms with E-state index in [0.717, 1.165) is 11.8 Å². The van der Waals surface area contributed by atoms with Crippen molar-refractivity contribution < 1.29 is 0 Å². The number of hydrogen-bond acceptors (Lipinski definition) is 3. The van der Waals surface area contributed by atoms with Crippen LogP contribution in [0.4, 0.5) is 0 Å². The summed E-state index contributed by atoms with van der Waals surface area (Å²) in [7, 11) is 0. The maximum Gasteiger partial charge on any atom is 0.0490 e. The molecule has 1 saturated heterocycles. The molecular formula is C9H15N3S. The summed E-state index contributed by atoms with van der Waals surface area (Å²) in [5.41, 5.74) is 1.17. The second-order valence-corrected chi connectivity index (χ2v) is 4.92. The topological polar surface area (TPSA) is 40.7 Å². The third kappa shape index (κ3) is 2.25. The second-order valence-electron chi connectivity index (χ2n) is 3.43. The number of aromatic nitrogens is 2. The van der Waals surface area contributed by atoms with Crippen LogP contribution in [0.1, 0.15) is 19.0 Å². The molecule has 2 atom stereocenters. The third-order valence-electron chi connectivity index (χ3n) is 2.49. The first-order chi connectivity index (χ1) is 6.36. The zero-order valence-corrected chi connectivity index (χ0v) is 8.60. The lowest BCUT2D eigenvalue weighted by Crippen LogP contribution is -2.32. The monoisotopic (exact) mass is 197 g/mol. The van der Waals surface area contributed by atoms with Gasteiger partial charge < -0.3 is 5.32 Å². The van der Waals surface area contributed by atoms with Crippen molar-refractivity contribution in [1.82, 2.24) is 15.5 Å². The minimum absolute atomic E-state index is 0.674. The fraction of sp³-hybridized carbons (Fsp3) is 0.667. The maximum absolute atomic E-state index is 3.92. The summed E-state index contributed by atoms with van der Waals surface area (Å²) < 4.78 is 0. The van der Waals surface area contributed by atoms with Crippen LogP contribution < -0.4 is 5.32 Å². The van der Waals surface area contributed by atoms with Gasteiger partial charge in [0.2, 0.25) is 0 Å². The minimum atomic E-state index is 0.674. The summed E-state index contributed by atoms with van der Waals surface area (Å²) >= 11 is 2.05. The van der Waals surface area contributed by atoms with Gasteiger partial charge in [-0.3, -0.25) is 5.10 Å². The molecule has 2 heterocycles. The van der Waals surface area contributed by atoms with Gasteiger partial charge in [-0.15, -0.1) is 0 Å². The van der Waals surface area contributed by atoms with E-state index in [1.807, 2.05) is 6.07 Å². The Morgan fingerprint density at radius 2 is 2.69 bits per heavy atom. The van der Waals surface area contributed by atoms with E-state index in [0.29, 0.717) is 6.04 Å². The predicted molar refractivity (Wildman–Crippen MR) is 55.8 cm³/mol. The molecule has 0 spiro atoms. The Kier molecular flexibility index (Phi) is 2.90. The molecule has 1 aromatic heterocycles. The Morgan fingerprint density at radius 1 is 1.77 bits per heavy atom. The van der Waals surface area contributed by atoms with Gasteiger partial charge >= 0.3 is 0 Å². The number of aromatic amines is 1. The summed E-state index contributed by atoms with van der Waals surface area (Å²) in [5, 5.41) is 11.2. The van der Waals surface area contributed by atoms with Crippen molar-refractivity contribution in [3.63, 3.8) is 0 Å². The van der Waals surface area contributed by atoms with Crippen LogP contribution >= 0.6 is 11.8 Å². The van der Waals surface area contributed by atoms with Gasteiger partial charge in [0.1, 0.15) is 0 Å². The van der Waals surface area contributed by atoms with Gasteiger partial charge in [0.15, 0.2) is 0 Å². The summed E-state index contributed by atoms with van der Waals surface area (Å²) in [6.45, 7) is 3.21. The summed E-state index contributed by atoms with van der Waals surface area (Å²) in [4.78, 5) is 0. The standard InChI is InChI=1S/C9H15N3S/c1-7-9(3-5-13-7)10-6-8-2-4-11-12-8/h2,4,7,9-10H,3,5-6H2,1H3,(H,11,12). The van der Waals surface area contributed by atoms with E-state index in [4.69, 9.17) is 0 Å². The van der Waals surface area contributed by atoms with E-state index >= 15 is 0 Å². The number of nitrogens with one attached hydrogen (secondary N) is 2. The van der Waals surface area contributed by atoms with Crippen LogP contribution in [0.3, 0.4) is 0 Å². The first-order valence-corrected chi connectivity index (χ1v) is 5.74. The Balaban J connectivity index is 1.79. The maximum atomic E-state index is 3.92. The van der Waals surface area contributed by atoms with Crippen molar-refractivity contribution in [2.75, 3.05) is 5.75 Å². The smallest absolute Gasteiger partial charge is 0.0490 e. The summed E-state index contributed by atoms with van der Waals surface area (Å²) in [6.07, 6.45) is 3.09. The zero-order valence-electron chi connectivity index (χ0n) is 7.79. The Bertz CT molecular complexity index is 247. The van der Waals surface area contributed by atoms with Gasteiger partial charge in [0.05, 0.1) is 0 Å². The normalized spacial score (nSPS) is 28.1. The number of hydrogen-bond donors (Lipinski definition) is 2. The first-order valence-electron chi connectivity index (χ1n) is 4.69. The highest BCUT2D eigenvalue weighted by molar-refractivity contribution is 8.00. The molecule has 1 aliphatic rings. The molecule has 13 heavy (non-hydrogen) atoms. The molecule has 1 fully saturated rings. The molecule has 0 amide bonds. The number of H-pyrrole nitrogens is 1. The molecular weight excluding hydrogens is 182 g/mol. The van der Waals surface area contributed by atoms with Crippen molar-refractivity contribution in [3.05, 3.63) is 18.0 Å². The van der Waals surface area contributed by atoms with Crippen LogP contribution in [0.2, 0.25) is 0 Å². The van der Waals surface area contributed by atoms with Crippen LogP contribution in [0, 0.1) is 0 Å². The molecule has 0 aliphatic carbocycles. The molecule has 2 unspecified atom stereocenters. The Labute approximate surface area is 82.7 Å². The molecule has 0 radical (unpaired) electrons. The van der Waals surface area contributed by atoms with E-state index in [1.54, 1.807) is 6.20 Å². The number of rotatable bonds is 3. The molecule has 1 aliphatic heterocycles. The highest BCUT2D eigenvalue weighted by atomic mass is 32.2. The van der Waals surface area contributed by atoms with Gasteiger partial charge in [-0.05, 0) is 18.2 Å². The van der Waals surface area contributed by atoms with Crippen molar-refractivity contribution in [1.29, 1.82) is 0 Å². The number of thioether (sulfide) groups is 1. The Morgan fingerprint density at radius 3 is 3.31 bits per heavy atom. The van der Waals surface area contributed by atoms with Crippen molar-refractivity contribution >= 4 is 11.8 Å². The highest BCUT2D eigenvalue weighted by Gasteiger charge is 2.22. The molecule has 2 N–H and O–H groups in total. The van der Waals surface area contributed by atoms with Gasteiger partial charge in [0.25, 0.3) is 0 Å². The molecule has 1 aromatic rings. The average Bonchev–Trinajstić information content (AvgIpc) is 2.72. The second kappa shape index (κ2) is 4.15. The minimum Gasteiger partial charge on any atom is -0.307 e. The zero-order chi connectivity index (χ0) is 9.10. The fourth-order valence-electron chi connectivity index (χ4n) is 1.62. The largest absolute Gasteiger partial charge is 0.307 e. The van der Waals surface area contributed by atoms with Crippen LogP contribution in [0.5, 0.6) is 0 Å². The molecule has 3 nitrogen and oxygen atoms in total. The van der Waals surface area contributed by atoms with E-state index in [1.165, 1.54) is 17.9 Å². The SMILES string of the molecule is CC1SCCC1NCc1ccn[nH]1. The fourth-order valence-corrected chi connectivity index (χ4v) is 2.85. The lowest BCUT2D eigenvalue weighted by molar-refractivity contribution is 0.508. The molecule has 0 aromatic carbocycles. The Hall–Kier alpha value is -0.480. The molecule has 4 heteroatoms. The highest BCUT2D eigenvalue weighted by Crippen LogP contribution is 2.26. The first kappa shape index (κ1) is 9.09. The molecule has 0 saturated carbocycles. The van der Waals surface area contributed by atoms with Gasteiger partial charge in [0, 0.05) is 29.7 Å². The lowest BCUT2D eigenvalue weighted by atomic mass is 10.2. The average molecular weight is 197 g/mol. The van der Waals surface area contributed by atoms with Crippen LogP contribution in [0.15, 0.2) is 12.3 Å². The summed E-state index contributed by atoms with van der Waals surface area (Å²) in [6, 6.07) is 2.69. The molecule has 2 rings (SSSR count). The van der Waals surface area contributed by atoms with Crippen LogP contribution in [-0.2, 0) is 6.54 Å². The molecule has 72 valence electrons. The van der Waals surface area contributed by atoms with Crippen LogP contribution in [-0.4, -0.2) is 27.2 Å². The number of nitrogens with zero attached hydrogens (tertiary/aromatic N) is 1.